The van der Waals surface area contributed by atoms with E-state index in [1.807, 2.05) is 12.1 Å². The SMILES string of the molecule is C=NOCc1ccccc1C=O. The molecule has 0 heterocycles. The summed E-state index contributed by atoms with van der Waals surface area (Å²) in [6.07, 6.45) is 0.793. The van der Waals surface area contributed by atoms with E-state index in [2.05, 4.69) is 11.9 Å². The molecule has 3 heteroatoms. The van der Waals surface area contributed by atoms with Gasteiger partial charge in [-0.05, 0) is 0 Å². The highest BCUT2D eigenvalue weighted by atomic mass is 16.6. The molecule has 0 aliphatic rings. The second-order valence-corrected chi connectivity index (χ2v) is 2.22. The molecule has 0 aliphatic carbocycles. The van der Waals surface area contributed by atoms with Crippen LogP contribution >= 0.6 is 0 Å². The van der Waals surface area contributed by atoms with Gasteiger partial charge in [-0.25, -0.2) is 0 Å². The first-order valence-electron chi connectivity index (χ1n) is 3.49. The molecule has 0 aromatic heterocycles. The van der Waals surface area contributed by atoms with Crippen molar-refractivity contribution >= 4 is 13.0 Å². The van der Waals surface area contributed by atoms with Crippen LogP contribution in [0, 0.1) is 0 Å². The Hall–Kier alpha value is -1.64. The first-order valence-corrected chi connectivity index (χ1v) is 3.49. The molecule has 0 saturated carbocycles. The van der Waals surface area contributed by atoms with Crippen LogP contribution in [0.5, 0.6) is 0 Å². The molecule has 0 unspecified atom stereocenters. The first kappa shape index (κ1) is 8.46. The fourth-order valence-corrected chi connectivity index (χ4v) is 0.896. The average molecular weight is 163 g/mol. The topological polar surface area (TPSA) is 38.7 Å². The van der Waals surface area contributed by atoms with Gasteiger partial charge in [0.25, 0.3) is 0 Å². The summed E-state index contributed by atoms with van der Waals surface area (Å²) in [7, 11) is 0. The Bertz CT molecular complexity index is 284. The van der Waals surface area contributed by atoms with Crippen molar-refractivity contribution in [3.8, 4) is 0 Å². The maximum absolute atomic E-state index is 10.5. The molecule has 3 nitrogen and oxygen atoms in total. The van der Waals surface area contributed by atoms with Gasteiger partial charge in [0.2, 0.25) is 0 Å². The second kappa shape index (κ2) is 4.28. The Labute approximate surface area is 70.7 Å². The summed E-state index contributed by atoms with van der Waals surface area (Å²) in [5.41, 5.74) is 1.45. The summed E-state index contributed by atoms with van der Waals surface area (Å²) in [5.74, 6) is 0. The molecule has 62 valence electrons. The van der Waals surface area contributed by atoms with Gasteiger partial charge in [-0.2, -0.15) is 0 Å². The third kappa shape index (κ3) is 1.92. The molecule has 0 N–H and O–H groups in total. The van der Waals surface area contributed by atoms with Crippen molar-refractivity contribution < 1.29 is 9.63 Å². The van der Waals surface area contributed by atoms with E-state index in [1.54, 1.807) is 12.1 Å². The van der Waals surface area contributed by atoms with Crippen molar-refractivity contribution in [2.45, 2.75) is 6.61 Å². The van der Waals surface area contributed by atoms with Gasteiger partial charge in [-0.1, -0.05) is 24.3 Å². The minimum absolute atomic E-state index is 0.290. The summed E-state index contributed by atoms with van der Waals surface area (Å²) in [4.78, 5) is 15.2. The number of benzene rings is 1. The molecule has 0 radical (unpaired) electrons. The Morgan fingerprint density at radius 2 is 2.25 bits per heavy atom. The lowest BCUT2D eigenvalue weighted by molar-refractivity contribution is 0.110. The molecule has 1 aromatic carbocycles. The number of aldehydes is 1. The fraction of sp³-hybridized carbons (Fsp3) is 0.111. The molecular formula is C9H9NO2. The molecule has 12 heavy (non-hydrogen) atoms. The van der Waals surface area contributed by atoms with Gasteiger partial charge in [0, 0.05) is 17.8 Å². The van der Waals surface area contributed by atoms with Crippen molar-refractivity contribution in [3.05, 3.63) is 35.4 Å². The second-order valence-electron chi connectivity index (χ2n) is 2.22. The number of nitrogens with zero attached hydrogens (tertiary/aromatic N) is 1. The summed E-state index contributed by atoms with van der Waals surface area (Å²) in [5, 5.41) is 3.24. The van der Waals surface area contributed by atoms with Crippen LogP contribution in [0.3, 0.4) is 0 Å². The smallest absolute Gasteiger partial charge is 0.150 e. The highest BCUT2D eigenvalue weighted by Gasteiger charge is 1.98. The molecule has 0 amide bonds. The average Bonchev–Trinajstić information content (AvgIpc) is 2.15. The van der Waals surface area contributed by atoms with Crippen molar-refractivity contribution in [2.24, 2.45) is 5.16 Å². The highest BCUT2D eigenvalue weighted by Crippen LogP contribution is 2.07. The molecule has 0 bridgehead atoms. The van der Waals surface area contributed by atoms with Crippen molar-refractivity contribution in [3.63, 3.8) is 0 Å². The first-order chi connectivity index (χ1) is 5.88. The van der Waals surface area contributed by atoms with Crippen LogP contribution in [0.4, 0.5) is 0 Å². The zero-order chi connectivity index (χ0) is 8.81. The minimum atomic E-state index is 0.290. The van der Waals surface area contributed by atoms with Crippen LogP contribution in [0.1, 0.15) is 15.9 Å². The van der Waals surface area contributed by atoms with E-state index in [-0.39, 0.29) is 0 Å². The lowest BCUT2D eigenvalue weighted by atomic mass is 10.1. The zero-order valence-corrected chi connectivity index (χ0v) is 6.56. The van der Waals surface area contributed by atoms with E-state index >= 15 is 0 Å². The van der Waals surface area contributed by atoms with Gasteiger partial charge >= 0.3 is 0 Å². The van der Waals surface area contributed by atoms with Crippen LogP contribution in [0.15, 0.2) is 29.4 Å². The summed E-state index contributed by atoms with van der Waals surface area (Å²) in [6, 6.07) is 7.19. The van der Waals surface area contributed by atoms with Crippen LogP contribution in [-0.2, 0) is 11.4 Å². The molecule has 1 aromatic rings. The zero-order valence-electron chi connectivity index (χ0n) is 6.56. The van der Waals surface area contributed by atoms with Gasteiger partial charge in [0.1, 0.15) is 12.9 Å². The molecule has 0 aliphatic heterocycles. The largest absolute Gasteiger partial charge is 0.391 e. The Morgan fingerprint density at radius 1 is 1.50 bits per heavy atom. The van der Waals surface area contributed by atoms with Crippen molar-refractivity contribution in [1.29, 1.82) is 0 Å². The standard InChI is InChI=1S/C9H9NO2/c1-10-12-7-9-5-3-2-4-8(9)6-11/h2-6H,1,7H2. The molecular weight excluding hydrogens is 154 g/mol. The van der Waals surface area contributed by atoms with Crippen molar-refractivity contribution in [1.82, 2.24) is 0 Å². The Kier molecular flexibility index (Phi) is 3.02. The van der Waals surface area contributed by atoms with Gasteiger partial charge in [0.05, 0.1) is 0 Å². The Balaban J connectivity index is 2.81. The van der Waals surface area contributed by atoms with Crippen LogP contribution in [0.25, 0.3) is 0 Å². The monoisotopic (exact) mass is 163 g/mol. The molecule has 0 atom stereocenters. The third-order valence-corrected chi connectivity index (χ3v) is 1.49. The predicted octanol–water partition coefficient (Wildman–Crippen LogP) is 1.63. The van der Waals surface area contributed by atoms with Gasteiger partial charge in [-0.3, -0.25) is 4.79 Å². The van der Waals surface area contributed by atoms with E-state index in [4.69, 9.17) is 4.84 Å². The fourth-order valence-electron chi connectivity index (χ4n) is 0.896. The highest BCUT2D eigenvalue weighted by molar-refractivity contribution is 5.76. The third-order valence-electron chi connectivity index (χ3n) is 1.49. The van der Waals surface area contributed by atoms with E-state index in [0.29, 0.717) is 12.2 Å². The lowest BCUT2D eigenvalue weighted by Gasteiger charge is -2.01. The molecule has 0 saturated heterocycles. The maximum Gasteiger partial charge on any atom is 0.150 e. The summed E-state index contributed by atoms with van der Waals surface area (Å²) >= 11 is 0. The number of hydrogen-bond acceptors (Lipinski definition) is 3. The predicted molar refractivity (Wildman–Crippen MR) is 46.2 cm³/mol. The lowest BCUT2D eigenvalue weighted by Crippen LogP contribution is -1.92. The van der Waals surface area contributed by atoms with Crippen LogP contribution in [-0.4, -0.2) is 13.0 Å². The van der Waals surface area contributed by atoms with Crippen LogP contribution in [0.2, 0.25) is 0 Å². The van der Waals surface area contributed by atoms with Crippen LogP contribution < -0.4 is 0 Å². The summed E-state index contributed by atoms with van der Waals surface area (Å²) < 4.78 is 0. The Morgan fingerprint density at radius 3 is 2.92 bits per heavy atom. The number of hydrogen-bond donors (Lipinski definition) is 0. The van der Waals surface area contributed by atoms with E-state index in [1.165, 1.54) is 0 Å². The summed E-state index contributed by atoms with van der Waals surface area (Å²) in [6.45, 7) is 3.46. The maximum atomic E-state index is 10.5. The minimum Gasteiger partial charge on any atom is -0.391 e. The van der Waals surface area contributed by atoms with E-state index in [9.17, 15) is 4.79 Å². The molecule has 0 spiro atoms. The number of rotatable bonds is 4. The van der Waals surface area contributed by atoms with Crippen molar-refractivity contribution in [2.75, 3.05) is 0 Å². The molecule has 0 fully saturated rings. The van der Waals surface area contributed by atoms with E-state index in [0.717, 1.165) is 11.8 Å². The quantitative estimate of drug-likeness (QED) is 0.384. The number of carbonyl (C=O) groups is 1. The van der Waals surface area contributed by atoms with Gasteiger partial charge < -0.3 is 4.84 Å². The van der Waals surface area contributed by atoms with E-state index < -0.39 is 0 Å². The molecule has 1 rings (SSSR count). The number of carbonyl (C=O) groups excluding carboxylic acids is 1. The normalized spacial score (nSPS) is 9.00. The van der Waals surface area contributed by atoms with Gasteiger partial charge in [-0.15, -0.1) is 5.16 Å². The van der Waals surface area contributed by atoms with Gasteiger partial charge in [0.15, 0.2) is 0 Å². The number of oxime groups is 1.